The van der Waals surface area contributed by atoms with Crippen LogP contribution in [0.25, 0.3) is 0 Å². The molecule has 1 aliphatic heterocycles. The third-order valence-corrected chi connectivity index (χ3v) is 4.91. The quantitative estimate of drug-likeness (QED) is 0.337. The molecule has 0 saturated heterocycles. The van der Waals surface area contributed by atoms with E-state index in [9.17, 15) is 0 Å². The Morgan fingerprint density at radius 2 is 1.96 bits per heavy atom. The van der Waals surface area contributed by atoms with E-state index in [-0.39, 0.29) is 5.96 Å². The summed E-state index contributed by atoms with van der Waals surface area (Å²) < 4.78 is 5.91. The number of nitrogens with two attached hydrogens (primary N) is 2. The molecule has 1 aromatic rings. The number of ether oxygens (including phenoxy) is 1. The molecule has 5 heteroatoms. The van der Waals surface area contributed by atoms with Crippen LogP contribution < -0.4 is 21.1 Å². The molecule has 0 aromatic heterocycles. The summed E-state index contributed by atoms with van der Waals surface area (Å²) in [5.74, 6) is 1.14. The Bertz CT molecular complexity index is 555. The Balaban J connectivity index is 1.76. The number of hydrogen-bond acceptors (Lipinski definition) is 3. The molecular weight excluding hydrogens is 324 g/mol. The molecule has 2 rings (SSSR count). The number of anilines is 1. The summed E-state index contributed by atoms with van der Waals surface area (Å²) in [5, 5.41) is 0. The third-order valence-electron chi connectivity index (χ3n) is 4.91. The van der Waals surface area contributed by atoms with Gasteiger partial charge in [0.25, 0.3) is 0 Å². The van der Waals surface area contributed by atoms with Crippen molar-refractivity contribution in [2.75, 3.05) is 31.1 Å². The fraction of sp³-hybridized carbons (Fsp3) is 0.667. The first-order valence-corrected chi connectivity index (χ1v) is 10.3. The number of aryl methyl sites for hydroxylation is 1. The summed E-state index contributed by atoms with van der Waals surface area (Å²) >= 11 is 0. The van der Waals surface area contributed by atoms with Gasteiger partial charge >= 0.3 is 0 Å². The Morgan fingerprint density at radius 1 is 1.12 bits per heavy atom. The van der Waals surface area contributed by atoms with Crippen LogP contribution in [0.3, 0.4) is 0 Å². The number of aliphatic imine (C=N–C) groups is 1. The number of benzene rings is 1. The molecule has 0 bridgehead atoms. The van der Waals surface area contributed by atoms with Gasteiger partial charge in [-0.05, 0) is 55.9 Å². The average Bonchev–Trinajstić information content (AvgIpc) is 2.64. The lowest BCUT2D eigenvalue weighted by Gasteiger charge is -2.31. The van der Waals surface area contributed by atoms with E-state index in [2.05, 4.69) is 35.0 Å². The van der Waals surface area contributed by atoms with Crippen molar-refractivity contribution in [3.8, 4) is 5.75 Å². The number of guanidine groups is 1. The zero-order valence-corrected chi connectivity index (χ0v) is 16.4. The van der Waals surface area contributed by atoms with E-state index >= 15 is 0 Å². The van der Waals surface area contributed by atoms with Gasteiger partial charge in [-0.2, -0.15) is 0 Å². The summed E-state index contributed by atoms with van der Waals surface area (Å²) in [6.45, 7) is 6.01. The van der Waals surface area contributed by atoms with Crippen LogP contribution in [-0.2, 0) is 6.42 Å². The highest BCUT2D eigenvalue weighted by Crippen LogP contribution is 2.31. The van der Waals surface area contributed by atoms with E-state index in [1.165, 1.54) is 62.9 Å². The fourth-order valence-electron chi connectivity index (χ4n) is 3.49. The standard InChI is InChI=1S/C21H36N4O/c1-2-3-4-5-7-14-25-15-9-10-18-17-19(11-12-20(18)25)26-16-8-6-13-24-21(22)23/h11-12,17H,2-10,13-16H2,1H3,(H4,22,23,24). The summed E-state index contributed by atoms with van der Waals surface area (Å²) in [6.07, 6.45) is 11.0. The number of nitrogens with zero attached hydrogens (tertiary/aromatic N) is 2. The van der Waals surface area contributed by atoms with Gasteiger partial charge in [0, 0.05) is 25.3 Å². The van der Waals surface area contributed by atoms with Crippen molar-refractivity contribution in [1.82, 2.24) is 0 Å². The molecule has 0 aliphatic carbocycles. The molecule has 1 aromatic carbocycles. The molecule has 0 spiro atoms. The number of hydrogen-bond donors (Lipinski definition) is 2. The monoisotopic (exact) mass is 360 g/mol. The predicted octanol–water partition coefficient (Wildman–Crippen LogP) is 3.84. The minimum atomic E-state index is 0.163. The zero-order valence-electron chi connectivity index (χ0n) is 16.4. The van der Waals surface area contributed by atoms with Gasteiger partial charge in [-0.25, -0.2) is 0 Å². The summed E-state index contributed by atoms with van der Waals surface area (Å²) in [4.78, 5) is 6.55. The van der Waals surface area contributed by atoms with Crippen LogP contribution >= 0.6 is 0 Å². The molecule has 5 nitrogen and oxygen atoms in total. The second kappa shape index (κ2) is 11.7. The molecule has 0 radical (unpaired) electrons. The predicted molar refractivity (Wildman–Crippen MR) is 111 cm³/mol. The van der Waals surface area contributed by atoms with Gasteiger partial charge in [0.1, 0.15) is 5.75 Å². The zero-order chi connectivity index (χ0) is 18.6. The highest BCUT2D eigenvalue weighted by atomic mass is 16.5. The Morgan fingerprint density at radius 3 is 2.77 bits per heavy atom. The third kappa shape index (κ3) is 7.14. The summed E-state index contributed by atoms with van der Waals surface area (Å²) in [5.41, 5.74) is 13.5. The van der Waals surface area contributed by atoms with Crippen LogP contribution in [0.15, 0.2) is 23.2 Å². The normalized spacial score (nSPS) is 13.3. The minimum Gasteiger partial charge on any atom is -0.494 e. The van der Waals surface area contributed by atoms with Crippen molar-refractivity contribution in [3.05, 3.63) is 23.8 Å². The van der Waals surface area contributed by atoms with E-state index in [1.54, 1.807) is 0 Å². The van der Waals surface area contributed by atoms with Crippen molar-refractivity contribution in [3.63, 3.8) is 0 Å². The molecule has 26 heavy (non-hydrogen) atoms. The molecule has 0 amide bonds. The van der Waals surface area contributed by atoms with Gasteiger partial charge in [-0.3, -0.25) is 4.99 Å². The largest absolute Gasteiger partial charge is 0.494 e. The van der Waals surface area contributed by atoms with Crippen LogP contribution in [0.2, 0.25) is 0 Å². The minimum absolute atomic E-state index is 0.163. The lowest BCUT2D eigenvalue weighted by atomic mass is 10.0. The maximum absolute atomic E-state index is 5.91. The van der Waals surface area contributed by atoms with Crippen LogP contribution in [0.5, 0.6) is 5.75 Å². The lowest BCUT2D eigenvalue weighted by molar-refractivity contribution is 0.307. The van der Waals surface area contributed by atoms with Crippen molar-refractivity contribution in [2.45, 2.75) is 64.7 Å². The van der Waals surface area contributed by atoms with E-state index in [0.717, 1.165) is 25.0 Å². The molecule has 146 valence electrons. The van der Waals surface area contributed by atoms with Gasteiger partial charge in [-0.1, -0.05) is 32.6 Å². The molecule has 1 aliphatic rings. The van der Waals surface area contributed by atoms with Gasteiger partial charge in [0.2, 0.25) is 0 Å². The number of rotatable bonds is 12. The van der Waals surface area contributed by atoms with Gasteiger partial charge < -0.3 is 21.1 Å². The van der Waals surface area contributed by atoms with Crippen molar-refractivity contribution < 1.29 is 4.74 Å². The van der Waals surface area contributed by atoms with Crippen molar-refractivity contribution >= 4 is 11.6 Å². The average molecular weight is 361 g/mol. The first kappa shape index (κ1) is 20.4. The first-order chi connectivity index (χ1) is 12.7. The van der Waals surface area contributed by atoms with Gasteiger partial charge in [0.05, 0.1) is 6.61 Å². The highest BCUT2D eigenvalue weighted by Gasteiger charge is 2.17. The SMILES string of the molecule is CCCCCCCN1CCCc2cc(OCCCCN=C(N)N)ccc21. The van der Waals surface area contributed by atoms with Crippen molar-refractivity contribution in [1.29, 1.82) is 0 Å². The van der Waals surface area contributed by atoms with Crippen LogP contribution in [0.4, 0.5) is 5.69 Å². The second-order valence-corrected chi connectivity index (χ2v) is 7.16. The topological polar surface area (TPSA) is 76.9 Å². The van der Waals surface area contributed by atoms with E-state index in [0.29, 0.717) is 13.2 Å². The fourth-order valence-corrected chi connectivity index (χ4v) is 3.49. The van der Waals surface area contributed by atoms with Crippen LogP contribution in [-0.4, -0.2) is 32.2 Å². The molecule has 0 saturated carbocycles. The second-order valence-electron chi connectivity index (χ2n) is 7.16. The van der Waals surface area contributed by atoms with Gasteiger partial charge in [0.15, 0.2) is 5.96 Å². The maximum Gasteiger partial charge on any atom is 0.185 e. The summed E-state index contributed by atoms with van der Waals surface area (Å²) in [7, 11) is 0. The Kier molecular flexibility index (Phi) is 9.15. The number of fused-ring (bicyclic) bond motifs is 1. The number of unbranched alkanes of at least 4 members (excludes halogenated alkanes) is 5. The van der Waals surface area contributed by atoms with Crippen molar-refractivity contribution in [2.24, 2.45) is 16.5 Å². The van der Waals surface area contributed by atoms with Gasteiger partial charge in [-0.15, -0.1) is 0 Å². The van der Waals surface area contributed by atoms with E-state index < -0.39 is 0 Å². The molecule has 0 unspecified atom stereocenters. The van der Waals surface area contributed by atoms with Crippen LogP contribution in [0, 0.1) is 0 Å². The molecule has 0 fully saturated rings. The van der Waals surface area contributed by atoms with E-state index in [1.807, 2.05) is 0 Å². The van der Waals surface area contributed by atoms with Crippen LogP contribution in [0.1, 0.15) is 63.9 Å². The van der Waals surface area contributed by atoms with E-state index in [4.69, 9.17) is 16.2 Å². The molecule has 4 N–H and O–H groups in total. The molecule has 0 atom stereocenters. The first-order valence-electron chi connectivity index (χ1n) is 10.3. The maximum atomic E-state index is 5.91. The smallest absolute Gasteiger partial charge is 0.185 e. The molecule has 1 heterocycles. The molecular formula is C21H36N4O. The Hall–Kier alpha value is -1.91. The lowest BCUT2D eigenvalue weighted by Crippen LogP contribution is -2.30. The Labute approximate surface area is 158 Å². The summed E-state index contributed by atoms with van der Waals surface area (Å²) in [6, 6.07) is 6.59. The highest BCUT2D eigenvalue weighted by molar-refractivity contribution is 5.75.